The van der Waals surface area contributed by atoms with Crippen LogP contribution in [0.3, 0.4) is 0 Å². The monoisotopic (exact) mass is 264 g/mol. The van der Waals surface area contributed by atoms with Gasteiger partial charge in [-0.3, -0.25) is 0 Å². The average Bonchev–Trinajstić information content (AvgIpc) is 2.37. The van der Waals surface area contributed by atoms with Crippen LogP contribution in [0.5, 0.6) is 0 Å². The fourth-order valence-electron chi connectivity index (χ4n) is 1.81. The van der Waals surface area contributed by atoms with Crippen molar-refractivity contribution in [1.29, 1.82) is 0 Å². The molecule has 0 aliphatic carbocycles. The molecule has 0 fully saturated rings. The van der Waals surface area contributed by atoms with Crippen LogP contribution in [-0.2, 0) is 13.0 Å². The topological polar surface area (TPSA) is 41.1 Å². The molecule has 4 nitrogen and oxygen atoms in total. The van der Waals surface area contributed by atoms with Gasteiger partial charge in [0.15, 0.2) is 0 Å². The lowest BCUT2D eigenvalue weighted by Crippen LogP contribution is -2.35. The third kappa shape index (κ3) is 6.64. The summed E-state index contributed by atoms with van der Waals surface area (Å²) in [6.45, 7) is 14.9. The number of hydrogen-bond donors (Lipinski definition) is 1. The van der Waals surface area contributed by atoms with Crippen molar-refractivity contribution in [1.82, 2.24) is 20.2 Å². The molecule has 0 saturated heterocycles. The molecular formula is C15H28N4. The largest absolute Gasteiger partial charge is 0.306 e. The molecule has 0 aromatic carbocycles. The van der Waals surface area contributed by atoms with E-state index in [1.54, 1.807) is 0 Å². The molecule has 0 amide bonds. The zero-order valence-electron chi connectivity index (χ0n) is 13.0. The summed E-state index contributed by atoms with van der Waals surface area (Å²) < 4.78 is 0. The van der Waals surface area contributed by atoms with Crippen molar-refractivity contribution in [2.45, 2.75) is 53.1 Å². The zero-order valence-corrected chi connectivity index (χ0v) is 13.0. The first kappa shape index (κ1) is 16.1. The van der Waals surface area contributed by atoms with Gasteiger partial charge in [0.2, 0.25) is 0 Å². The molecule has 108 valence electrons. The molecule has 1 aromatic rings. The van der Waals surface area contributed by atoms with Gasteiger partial charge in [0.05, 0.1) is 5.69 Å². The van der Waals surface area contributed by atoms with E-state index in [9.17, 15) is 0 Å². The minimum Gasteiger partial charge on any atom is -0.306 e. The second-order valence-corrected chi connectivity index (χ2v) is 5.84. The van der Waals surface area contributed by atoms with Crippen LogP contribution in [0.2, 0.25) is 0 Å². The van der Waals surface area contributed by atoms with Gasteiger partial charge in [0.25, 0.3) is 0 Å². The summed E-state index contributed by atoms with van der Waals surface area (Å²) in [6, 6.07) is 1.99. The minimum absolute atomic E-state index is 0.117. The highest BCUT2D eigenvalue weighted by atomic mass is 15.1. The molecule has 0 radical (unpaired) electrons. The first-order chi connectivity index (χ1) is 8.94. The Labute approximate surface area is 117 Å². The minimum atomic E-state index is 0.117. The molecule has 0 bridgehead atoms. The van der Waals surface area contributed by atoms with Crippen LogP contribution < -0.4 is 5.32 Å². The number of hydrogen-bond acceptors (Lipinski definition) is 4. The summed E-state index contributed by atoms with van der Waals surface area (Å²) in [5.74, 6) is 0.945. The highest BCUT2D eigenvalue weighted by Gasteiger charge is 2.09. The average molecular weight is 264 g/mol. The van der Waals surface area contributed by atoms with Gasteiger partial charge < -0.3 is 10.2 Å². The summed E-state index contributed by atoms with van der Waals surface area (Å²) >= 11 is 0. The predicted molar refractivity (Wildman–Crippen MR) is 80.1 cm³/mol. The van der Waals surface area contributed by atoms with Gasteiger partial charge in [-0.15, -0.1) is 0 Å². The maximum atomic E-state index is 4.62. The van der Waals surface area contributed by atoms with Crippen molar-refractivity contribution in [3.8, 4) is 0 Å². The molecule has 1 aromatic heterocycles. The van der Waals surface area contributed by atoms with Gasteiger partial charge in [0, 0.05) is 31.2 Å². The van der Waals surface area contributed by atoms with E-state index in [0.29, 0.717) is 0 Å². The SMILES string of the molecule is CCN(CC)CCc1nccc(CNC(C)(C)C)n1. The van der Waals surface area contributed by atoms with Gasteiger partial charge in [-0.2, -0.15) is 0 Å². The van der Waals surface area contributed by atoms with Crippen molar-refractivity contribution < 1.29 is 0 Å². The van der Waals surface area contributed by atoms with Gasteiger partial charge >= 0.3 is 0 Å². The van der Waals surface area contributed by atoms with E-state index in [1.807, 2.05) is 12.3 Å². The van der Waals surface area contributed by atoms with Crippen LogP contribution in [0.25, 0.3) is 0 Å². The van der Waals surface area contributed by atoms with E-state index < -0.39 is 0 Å². The molecule has 1 rings (SSSR count). The Balaban J connectivity index is 2.52. The van der Waals surface area contributed by atoms with Gasteiger partial charge in [-0.1, -0.05) is 13.8 Å². The summed E-state index contributed by atoms with van der Waals surface area (Å²) in [6.07, 6.45) is 2.79. The third-order valence-electron chi connectivity index (χ3n) is 3.11. The second kappa shape index (κ2) is 7.56. The Morgan fingerprint density at radius 1 is 1.21 bits per heavy atom. The van der Waals surface area contributed by atoms with Crippen LogP contribution >= 0.6 is 0 Å². The summed E-state index contributed by atoms with van der Waals surface area (Å²) in [5, 5.41) is 3.45. The summed E-state index contributed by atoms with van der Waals surface area (Å²) in [4.78, 5) is 11.4. The van der Waals surface area contributed by atoms with Crippen LogP contribution in [0.1, 0.15) is 46.1 Å². The molecular weight excluding hydrogens is 236 g/mol. The quantitative estimate of drug-likeness (QED) is 0.820. The fourth-order valence-corrected chi connectivity index (χ4v) is 1.81. The number of nitrogens with one attached hydrogen (secondary N) is 1. The van der Waals surface area contributed by atoms with E-state index in [0.717, 1.165) is 44.1 Å². The lowest BCUT2D eigenvalue weighted by Gasteiger charge is -2.20. The number of likely N-dealkylation sites (N-methyl/N-ethyl adjacent to an activating group) is 1. The van der Waals surface area contributed by atoms with Gasteiger partial charge in [-0.25, -0.2) is 9.97 Å². The van der Waals surface area contributed by atoms with Crippen molar-refractivity contribution in [2.24, 2.45) is 0 Å². The summed E-state index contributed by atoms with van der Waals surface area (Å²) in [5.41, 5.74) is 1.19. The first-order valence-corrected chi connectivity index (χ1v) is 7.22. The molecule has 0 aliphatic heterocycles. The molecule has 0 spiro atoms. The molecule has 4 heteroatoms. The molecule has 19 heavy (non-hydrogen) atoms. The Morgan fingerprint density at radius 2 is 1.89 bits per heavy atom. The van der Waals surface area contributed by atoms with Gasteiger partial charge in [0.1, 0.15) is 5.82 Å². The molecule has 0 aliphatic rings. The smallest absolute Gasteiger partial charge is 0.129 e. The fraction of sp³-hybridized carbons (Fsp3) is 0.733. The van der Waals surface area contributed by atoms with Gasteiger partial charge in [-0.05, 0) is 39.9 Å². The standard InChI is InChI=1S/C15H28N4/c1-6-19(7-2)11-9-14-16-10-8-13(18-14)12-17-15(3,4)5/h8,10,17H,6-7,9,11-12H2,1-5H3. The van der Waals surface area contributed by atoms with Crippen molar-refractivity contribution in [2.75, 3.05) is 19.6 Å². The Bertz CT molecular complexity index is 367. The summed E-state index contributed by atoms with van der Waals surface area (Å²) in [7, 11) is 0. The highest BCUT2D eigenvalue weighted by Crippen LogP contribution is 2.03. The first-order valence-electron chi connectivity index (χ1n) is 7.22. The third-order valence-corrected chi connectivity index (χ3v) is 3.11. The second-order valence-electron chi connectivity index (χ2n) is 5.84. The molecule has 1 heterocycles. The lowest BCUT2D eigenvalue weighted by atomic mass is 10.1. The van der Waals surface area contributed by atoms with Crippen LogP contribution in [0, 0.1) is 0 Å². The highest BCUT2D eigenvalue weighted by molar-refractivity contribution is 5.03. The molecule has 0 atom stereocenters. The Morgan fingerprint density at radius 3 is 2.47 bits per heavy atom. The lowest BCUT2D eigenvalue weighted by molar-refractivity contribution is 0.305. The number of rotatable bonds is 7. The normalized spacial score (nSPS) is 12.1. The van der Waals surface area contributed by atoms with Crippen LogP contribution in [-0.4, -0.2) is 40.0 Å². The van der Waals surface area contributed by atoms with Crippen LogP contribution in [0.15, 0.2) is 12.3 Å². The van der Waals surface area contributed by atoms with Crippen molar-refractivity contribution in [3.63, 3.8) is 0 Å². The van der Waals surface area contributed by atoms with Crippen molar-refractivity contribution >= 4 is 0 Å². The molecule has 1 N–H and O–H groups in total. The Kier molecular flexibility index (Phi) is 6.38. The number of aromatic nitrogens is 2. The van der Waals surface area contributed by atoms with E-state index in [-0.39, 0.29) is 5.54 Å². The van der Waals surface area contributed by atoms with E-state index in [4.69, 9.17) is 0 Å². The number of nitrogens with zero attached hydrogens (tertiary/aromatic N) is 3. The molecule has 0 unspecified atom stereocenters. The van der Waals surface area contributed by atoms with E-state index in [2.05, 4.69) is 54.8 Å². The predicted octanol–water partition coefficient (Wildman–Crippen LogP) is 2.25. The maximum absolute atomic E-state index is 4.62. The Hall–Kier alpha value is -1.00. The van der Waals surface area contributed by atoms with E-state index in [1.165, 1.54) is 0 Å². The van der Waals surface area contributed by atoms with Crippen molar-refractivity contribution in [3.05, 3.63) is 23.8 Å². The zero-order chi connectivity index (χ0) is 14.3. The van der Waals surface area contributed by atoms with E-state index >= 15 is 0 Å². The molecule has 0 saturated carbocycles. The van der Waals surface area contributed by atoms with Crippen LogP contribution in [0.4, 0.5) is 0 Å². The maximum Gasteiger partial charge on any atom is 0.129 e.